The van der Waals surface area contributed by atoms with Crippen LogP contribution in [0, 0.1) is 5.92 Å². The van der Waals surface area contributed by atoms with E-state index < -0.39 is 15.6 Å². The SMILES string of the molecule is CCCC1CCc2c(sc(NC(=O)C(Cl)(Cl)Cl)c2C(N)=O)C1. The summed E-state index contributed by atoms with van der Waals surface area (Å²) < 4.78 is -2.08. The molecule has 1 heterocycles. The fourth-order valence-electron chi connectivity index (χ4n) is 2.83. The highest BCUT2D eigenvalue weighted by Crippen LogP contribution is 2.41. The van der Waals surface area contributed by atoms with Crippen LogP contribution >= 0.6 is 46.1 Å². The molecule has 22 heavy (non-hydrogen) atoms. The summed E-state index contributed by atoms with van der Waals surface area (Å²) in [5.41, 5.74) is 6.77. The number of nitrogens with one attached hydrogen (secondary N) is 1. The molecule has 8 heteroatoms. The molecule has 0 radical (unpaired) electrons. The Hall–Kier alpha value is -0.490. The lowest BCUT2D eigenvalue weighted by Crippen LogP contribution is -2.28. The second-order valence-electron chi connectivity index (χ2n) is 5.42. The van der Waals surface area contributed by atoms with Crippen LogP contribution in [0.5, 0.6) is 0 Å². The molecule has 1 atom stereocenters. The van der Waals surface area contributed by atoms with Gasteiger partial charge in [0.2, 0.25) is 0 Å². The van der Waals surface area contributed by atoms with Crippen molar-refractivity contribution >= 4 is 63.0 Å². The Morgan fingerprint density at radius 3 is 2.64 bits per heavy atom. The average Bonchev–Trinajstić information content (AvgIpc) is 2.75. The molecule has 1 unspecified atom stereocenters. The van der Waals surface area contributed by atoms with E-state index in [4.69, 9.17) is 40.5 Å². The minimum absolute atomic E-state index is 0.359. The fourth-order valence-corrected chi connectivity index (χ4v) is 4.34. The van der Waals surface area contributed by atoms with Crippen molar-refractivity contribution in [1.29, 1.82) is 0 Å². The Labute approximate surface area is 148 Å². The highest BCUT2D eigenvalue weighted by Gasteiger charge is 2.34. The van der Waals surface area contributed by atoms with Crippen LogP contribution in [-0.2, 0) is 17.6 Å². The van der Waals surface area contributed by atoms with Gasteiger partial charge in [-0.1, -0.05) is 54.6 Å². The van der Waals surface area contributed by atoms with Crippen molar-refractivity contribution in [2.24, 2.45) is 11.7 Å². The van der Waals surface area contributed by atoms with E-state index in [2.05, 4.69) is 12.2 Å². The van der Waals surface area contributed by atoms with E-state index in [0.29, 0.717) is 16.5 Å². The quantitative estimate of drug-likeness (QED) is 0.769. The standard InChI is InChI=1S/C14H17Cl3N2O2S/c1-2-3-7-4-5-8-9(6-7)22-12(10(8)11(18)20)19-13(21)14(15,16)17/h7H,2-6H2,1H3,(H2,18,20)(H,19,21). The van der Waals surface area contributed by atoms with Crippen LogP contribution in [0.2, 0.25) is 0 Å². The average molecular weight is 384 g/mol. The molecule has 2 rings (SSSR count). The van der Waals surface area contributed by atoms with Crippen molar-refractivity contribution in [3.63, 3.8) is 0 Å². The molecule has 0 saturated carbocycles. The predicted molar refractivity (Wildman–Crippen MR) is 92.2 cm³/mol. The molecule has 0 aromatic carbocycles. The highest BCUT2D eigenvalue weighted by atomic mass is 35.6. The molecule has 122 valence electrons. The molecule has 0 saturated heterocycles. The monoisotopic (exact) mass is 382 g/mol. The largest absolute Gasteiger partial charge is 0.365 e. The van der Waals surface area contributed by atoms with Crippen LogP contribution in [-0.4, -0.2) is 15.6 Å². The number of primary amides is 1. The van der Waals surface area contributed by atoms with Crippen LogP contribution in [0.25, 0.3) is 0 Å². The number of hydrogen-bond acceptors (Lipinski definition) is 3. The Balaban J connectivity index is 2.32. The summed E-state index contributed by atoms with van der Waals surface area (Å²) in [4.78, 5) is 24.7. The fraction of sp³-hybridized carbons (Fsp3) is 0.571. The number of hydrogen-bond donors (Lipinski definition) is 2. The number of nitrogens with two attached hydrogens (primary N) is 1. The first-order valence-electron chi connectivity index (χ1n) is 7.06. The van der Waals surface area contributed by atoms with E-state index in [9.17, 15) is 9.59 Å². The third-order valence-corrected chi connectivity index (χ3v) is 5.48. The summed E-state index contributed by atoms with van der Waals surface area (Å²) in [7, 11) is 0. The second kappa shape index (κ2) is 6.95. The Bertz CT molecular complexity index is 596. The van der Waals surface area contributed by atoms with Gasteiger partial charge < -0.3 is 11.1 Å². The minimum atomic E-state index is -2.08. The number of anilines is 1. The molecular formula is C14H17Cl3N2O2S. The number of halogens is 3. The van der Waals surface area contributed by atoms with E-state index in [1.807, 2.05) is 0 Å². The van der Waals surface area contributed by atoms with Gasteiger partial charge in [-0.25, -0.2) is 0 Å². The van der Waals surface area contributed by atoms with Crippen LogP contribution in [0.4, 0.5) is 5.00 Å². The molecule has 0 spiro atoms. The number of thiophene rings is 1. The number of fused-ring (bicyclic) bond motifs is 1. The minimum Gasteiger partial charge on any atom is -0.365 e. The smallest absolute Gasteiger partial charge is 0.277 e. The van der Waals surface area contributed by atoms with Gasteiger partial charge in [0.15, 0.2) is 0 Å². The number of carbonyl (C=O) groups excluding carboxylic acids is 2. The molecule has 3 N–H and O–H groups in total. The predicted octanol–water partition coefficient (Wildman–Crippen LogP) is 4.06. The van der Waals surface area contributed by atoms with Gasteiger partial charge >= 0.3 is 0 Å². The molecular weight excluding hydrogens is 367 g/mol. The molecule has 1 aliphatic rings. The summed E-state index contributed by atoms with van der Waals surface area (Å²) in [5.74, 6) is -0.747. The van der Waals surface area contributed by atoms with Gasteiger partial charge in [-0.2, -0.15) is 0 Å². The van der Waals surface area contributed by atoms with Crippen LogP contribution in [0.15, 0.2) is 0 Å². The number of rotatable bonds is 4. The second-order valence-corrected chi connectivity index (χ2v) is 8.81. The van der Waals surface area contributed by atoms with Crippen molar-refractivity contribution in [3.8, 4) is 0 Å². The Morgan fingerprint density at radius 2 is 2.09 bits per heavy atom. The number of alkyl halides is 3. The summed E-state index contributed by atoms with van der Waals surface area (Å²) in [6.45, 7) is 2.16. The van der Waals surface area contributed by atoms with Gasteiger partial charge in [0, 0.05) is 4.88 Å². The van der Waals surface area contributed by atoms with Crippen LogP contribution in [0.1, 0.15) is 47.0 Å². The van der Waals surface area contributed by atoms with Gasteiger partial charge in [-0.15, -0.1) is 11.3 Å². The van der Waals surface area contributed by atoms with E-state index in [1.165, 1.54) is 11.3 Å². The summed E-state index contributed by atoms with van der Waals surface area (Å²) in [5, 5.41) is 2.90. The maximum absolute atomic E-state index is 11.8. The molecule has 0 bridgehead atoms. The van der Waals surface area contributed by atoms with Gasteiger partial charge in [0.05, 0.1) is 5.56 Å². The molecule has 0 fully saturated rings. The number of amides is 2. The van der Waals surface area contributed by atoms with Gasteiger partial charge in [0.1, 0.15) is 5.00 Å². The lowest BCUT2D eigenvalue weighted by atomic mass is 9.84. The maximum atomic E-state index is 11.8. The molecule has 1 aromatic heterocycles. The molecule has 2 amide bonds. The lowest BCUT2D eigenvalue weighted by Gasteiger charge is -2.21. The van der Waals surface area contributed by atoms with E-state index in [0.717, 1.165) is 42.5 Å². The molecule has 1 aromatic rings. The summed E-state index contributed by atoms with van der Waals surface area (Å²) in [6.07, 6.45) is 5.00. The first-order chi connectivity index (χ1) is 10.2. The molecule has 1 aliphatic carbocycles. The lowest BCUT2D eigenvalue weighted by molar-refractivity contribution is -0.115. The zero-order valence-corrected chi connectivity index (χ0v) is 15.1. The Morgan fingerprint density at radius 1 is 1.41 bits per heavy atom. The third-order valence-electron chi connectivity index (χ3n) is 3.80. The zero-order chi connectivity index (χ0) is 16.5. The molecule has 4 nitrogen and oxygen atoms in total. The number of carbonyl (C=O) groups is 2. The van der Waals surface area contributed by atoms with Gasteiger partial charge in [-0.3, -0.25) is 9.59 Å². The first-order valence-corrected chi connectivity index (χ1v) is 9.01. The first kappa shape index (κ1) is 17.9. The van der Waals surface area contributed by atoms with E-state index in [1.54, 1.807) is 0 Å². The molecule has 0 aliphatic heterocycles. The summed E-state index contributed by atoms with van der Waals surface area (Å²) >= 11 is 18.0. The third kappa shape index (κ3) is 3.88. The highest BCUT2D eigenvalue weighted by molar-refractivity contribution is 7.17. The van der Waals surface area contributed by atoms with Crippen LogP contribution < -0.4 is 11.1 Å². The van der Waals surface area contributed by atoms with Crippen molar-refractivity contribution in [2.75, 3.05) is 5.32 Å². The van der Waals surface area contributed by atoms with Crippen molar-refractivity contribution in [3.05, 3.63) is 16.0 Å². The van der Waals surface area contributed by atoms with Gasteiger partial charge in [0.25, 0.3) is 15.6 Å². The topological polar surface area (TPSA) is 72.2 Å². The van der Waals surface area contributed by atoms with Crippen molar-refractivity contribution in [2.45, 2.75) is 42.8 Å². The summed E-state index contributed by atoms with van der Waals surface area (Å²) in [6, 6.07) is 0. The normalized spacial score (nSPS) is 17.9. The van der Waals surface area contributed by atoms with Gasteiger partial charge in [-0.05, 0) is 30.7 Å². The Kier molecular flexibility index (Phi) is 5.64. The zero-order valence-electron chi connectivity index (χ0n) is 12.0. The van der Waals surface area contributed by atoms with Crippen molar-refractivity contribution in [1.82, 2.24) is 0 Å². The maximum Gasteiger partial charge on any atom is 0.277 e. The van der Waals surface area contributed by atoms with E-state index in [-0.39, 0.29) is 0 Å². The van der Waals surface area contributed by atoms with Crippen LogP contribution in [0.3, 0.4) is 0 Å². The van der Waals surface area contributed by atoms with E-state index >= 15 is 0 Å². The van der Waals surface area contributed by atoms with Crippen molar-refractivity contribution < 1.29 is 9.59 Å².